The number of carbonyl (C=O) groups excluding carboxylic acids is 1. The molecule has 0 saturated carbocycles. The predicted molar refractivity (Wildman–Crippen MR) is 126 cm³/mol. The minimum atomic E-state index is 0.107. The van der Waals surface area contributed by atoms with E-state index >= 15 is 0 Å². The first-order valence-electron chi connectivity index (χ1n) is 11.3. The van der Waals surface area contributed by atoms with E-state index in [-0.39, 0.29) is 18.0 Å². The van der Waals surface area contributed by atoms with Gasteiger partial charge in [0.2, 0.25) is 0 Å². The van der Waals surface area contributed by atoms with Gasteiger partial charge in [-0.2, -0.15) is 0 Å². The number of amides is 1. The Morgan fingerprint density at radius 1 is 0.967 bits per heavy atom. The molecule has 0 bridgehead atoms. The standard InChI is InChI=1S/C26H37N3O/c1-19(2)29(20(3)4)26(30)23-10-12-24(13-11-23)27-25-14-16-28(17-15-25)18-22-8-6-21(5)7-9-22/h6-13,19-20,25,27H,14-18H2,1-5H3. The lowest BCUT2D eigenvalue weighted by atomic mass is 10.0. The number of piperidine rings is 1. The third-order valence-corrected chi connectivity index (χ3v) is 5.96. The summed E-state index contributed by atoms with van der Waals surface area (Å²) in [5, 5.41) is 3.66. The van der Waals surface area contributed by atoms with Gasteiger partial charge in [-0.1, -0.05) is 29.8 Å². The summed E-state index contributed by atoms with van der Waals surface area (Å²) in [6.07, 6.45) is 2.28. The van der Waals surface area contributed by atoms with Crippen molar-refractivity contribution < 1.29 is 4.79 Å². The monoisotopic (exact) mass is 407 g/mol. The third kappa shape index (κ3) is 5.85. The highest BCUT2D eigenvalue weighted by Crippen LogP contribution is 2.20. The van der Waals surface area contributed by atoms with Crippen molar-refractivity contribution in [3.8, 4) is 0 Å². The summed E-state index contributed by atoms with van der Waals surface area (Å²) in [7, 11) is 0. The minimum absolute atomic E-state index is 0.107. The van der Waals surface area contributed by atoms with E-state index in [1.165, 1.54) is 11.1 Å². The number of hydrogen-bond acceptors (Lipinski definition) is 3. The van der Waals surface area contributed by atoms with Crippen LogP contribution in [0.4, 0.5) is 5.69 Å². The molecule has 162 valence electrons. The number of carbonyl (C=O) groups is 1. The van der Waals surface area contributed by atoms with Crippen LogP contribution in [-0.2, 0) is 6.54 Å². The van der Waals surface area contributed by atoms with Crippen LogP contribution in [0.15, 0.2) is 48.5 Å². The molecule has 4 nitrogen and oxygen atoms in total. The molecule has 0 atom stereocenters. The van der Waals surface area contributed by atoms with Crippen molar-refractivity contribution in [3.05, 3.63) is 65.2 Å². The number of rotatable bonds is 7. The first-order valence-corrected chi connectivity index (χ1v) is 11.3. The highest BCUT2D eigenvalue weighted by Gasteiger charge is 2.22. The molecule has 0 spiro atoms. The van der Waals surface area contributed by atoms with Crippen LogP contribution in [-0.4, -0.2) is 46.9 Å². The van der Waals surface area contributed by atoms with Gasteiger partial charge in [0.25, 0.3) is 5.91 Å². The molecule has 0 aliphatic carbocycles. The van der Waals surface area contributed by atoms with Crippen molar-refractivity contribution >= 4 is 11.6 Å². The Morgan fingerprint density at radius 2 is 1.53 bits per heavy atom. The zero-order chi connectivity index (χ0) is 21.7. The average molecular weight is 408 g/mol. The number of aryl methyl sites for hydroxylation is 1. The molecule has 4 heteroatoms. The molecule has 1 amide bonds. The van der Waals surface area contributed by atoms with Gasteiger partial charge in [0.05, 0.1) is 0 Å². The Balaban J connectivity index is 1.50. The van der Waals surface area contributed by atoms with Gasteiger partial charge in [-0.15, -0.1) is 0 Å². The van der Waals surface area contributed by atoms with Crippen LogP contribution in [0, 0.1) is 6.92 Å². The van der Waals surface area contributed by atoms with Crippen LogP contribution in [0.2, 0.25) is 0 Å². The van der Waals surface area contributed by atoms with Gasteiger partial charge >= 0.3 is 0 Å². The first-order chi connectivity index (χ1) is 14.3. The maximum atomic E-state index is 12.8. The lowest BCUT2D eigenvalue weighted by Gasteiger charge is -2.33. The molecular weight excluding hydrogens is 370 g/mol. The smallest absolute Gasteiger partial charge is 0.254 e. The second kappa shape index (κ2) is 10.1. The van der Waals surface area contributed by atoms with Crippen LogP contribution >= 0.6 is 0 Å². The Bertz CT molecular complexity index is 795. The SMILES string of the molecule is Cc1ccc(CN2CCC(Nc3ccc(C(=O)N(C(C)C)C(C)C)cc3)CC2)cc1. The number of nitrogens with zero attached hydrogens (tertiary/aromatic N) is 2. The second-order valence-corrected chi connectivity index (χ2v) is 9.16. The maximum absolute atomic E-state index is 12.8. The molecule has 3 rings (SSSR count). The fourth-order valence-electron chi connectivity index (χ4n) is 4.35. The van der Waals surface area contributed by atoms with Crippen molar-refractivity contribution in [1.82, 2.24) is 9.80 Å². The van der Waals surface area contributed by atoms with Crippen molar-refractivity contribution in [2.24, 2.45) is 0 Å². The number of nitrogens with one attached hydrogen (secondary N) is 1. The Hall–Kier alpha value is -2.33. The highest BCUT2D eigenvalue weighted by molar-refractivity contribution is 5.95. The molecule has 2 aromatic carbocycles. The van der Waals surface area contributed by atoms with E-state index < -0.39 is 0 Å². The van der Waals surface area contributed by atoms with Crippen LogP contribution < -0.4 is 5.32 Å². The topological polar surface area (TPSA) is 35.6 Å². The molecule has 1 saturated heterocycles. The Morgan fingerprint density at radius 3 is 2.07 bits per heavy atom. The van der Waals surface area contributed by atoms with Crippen LogP contribution in [0.1, 0.15) is 62.0 Å². The fourth-order valence-corrected chi connectivity index (χ4v) is 4.35. The van der Waals surface area contributed by atoms with Crippen LogP contribution in [0.25, 0.3) is 0 Å². The molecule has 1 N–H and O–H groups in total. The first kappa shape index (κ1) is 22.4. The summed E-state index contributed by atoms with van der Waals surface area (Å²) in [6.45, 7) is 13.7. The minimum Gasteiger partial charge on any atom is -0.382 e. The molecule has 1 aliphatic heterocycles. The molecule has 0 radical (unpaired) electrons. The maximum Gasteiger partial charge on any atom is 0.254 e. The summed E-state index contributed by atoms with van der Waals surface area (Å²) < 4.78 is 0. The second-order valence-electron chi connectivity index (χ2n) is 9.16. The van der Waals surface area contributed by atoms with Crippen LogP contribution in [0.3, 0.4) is 0 Å². The van der Waals surface area contributed by atoms with Crippen molar-refractivity contribution in [3.63, 3.8) is 0 Å². The molecule has 1 fully saturated rings. The molecule has 1 heterocycles. The largest absolute Gasteiger partial charge is 0.382 e. The Labute approximate surface area is 182 Å². The summed E-state index contributed by atoms with van der Waals surface area (Å²) >= 11 is 0. The summed E-state index contributed by atoms with van der Waals surface area (Å²) in [4.78, 5) is 17.3. The van der Waals surface area contributed by atoms with E-state index in [9.17, 15) is 4.79 Å². The van der Waals surface area contributed by atoms with Gasteiger partial charge in [-0.05, 0) is 77.3 Å². The highest BCUT2D eigenvalue weighted by atomic mass is 16.2. The lowest BCUT2D eigenvalue weighted by Crippen LogP contribution is -2.42. The van der Waals surface area contributed by atoms with Gasteiger partial charge in [0, 0.05) is 49.0 Å². The molecular formula is C26H37N3O. The van der Waals surface area contributed by atoms with Crippen molar-refractivity contribution in [2.45, 2.75) is 72.1 Å². The predicted octanol–water partition coefficient (Wildman–Crippen LogP) is 5.33. The third-order valence-electron chi connectivity index (χ3n) is 5.96. The van der Waals surface area contributed by atoms with Gasteiger partial charge in [0.15, 0.2) is 0 Å². The van der Waals surface area contributed by atoms with E-state index in [1.54, 1.807) is 0 Å². The Kier molecular flexibility index (Phi) is 7.54. The molecule has 2 aromatic rings. The fraction of sp³-hybridized carbons (Fsp3) is 0.500. The van der Waals surface area contributed by atoms with E-state index in [4.69, 9.17) is 0 Å². The van der Waals surface area contributed by atoms with Crippen molar-refractivity contribution in [2.75, 3.05) is 18.4 Å². The van der Waals surface area contributed by atoms with E-state index in [0.29, 0.717) is 6.04 Å². The number of hydrogen-bond donors (Lipinski definition) is 1. The summed E-state index contributed by atoms with van der Waals surface area (Å²) in [5.74, 6) is 0.107. The zero-order valence-electron chi connectivity index (χ0n) is 19.2. The van der Waals surface area contributed by atoms with Gasteiger partial charge < -0.3 is 10.2 Å². The van der Waals surface area contributed by atoms with Crippen molar-refractivity contribution in [1.29, 1.82) is 0 Å². The molecule has 0 aromatic heterocycles. The van der Waals surface area contributed by atoms with Crippen LogP contribution in [0.5, 0.6) is 0 Å². The summed E-state index contributed by atoms with van der Waals surface area (Å²) in [6, 6.07) is 17.7. The number of anilines is 1. The van der Waals surface area contributed by atoms with E-state index in [0.717, 1.165) is 43.7 Å². The average Bonchev–Trinajstić information content (AvgIpc) is 2.71. The zero-order valence-corrected chi connectivity index (χ0v) is 19.2. The normalized spacial score (nSPS) is 15.6. The quantitative estimate of drug-likeness (QED) is 0.674. The van der Waals surface area contributed by atoms with E-state index in [2.05, 4.69) is 69.1 Å². The van der Waals surface area contributed by atoms with Gasteiger partial charge in [-0.25, -0.2) is 0 Å². The van der Waals surface area contributed by atoms with Gasteiger partial charge in [0.1, 0.15) is 0 Å². The molecule has 0 unspecified atom stereocenters. The van der Waals surface area contributed by atoms with E-state index in [1.807, 2.05) is 29.2 Å². The lowest BCUT2D eigenvalue weighted by molar-refractivity contribution is 0.0644. The van der Waals surface area contributed by atoms with Gasteiger partial charge in [-0.3, -0.25) is 9.69 Å². The number of likely N-dealkylation sites (tertiary alicyclic amines) is 1. The number of benzene rings is 2. The molecule has 1 aliphatic rings. The molecule has 30 heavy (non-hydrogen) atoms. The summed E-state index contributed by atoms with van der Waals surface area (Å²) in [5.41, 5.74) is 4.57.